The topological polar surface area (TPSA) is 98.5 Å². The number of allylic oxidation sites excluding steroid dienone is 1. The summed E-state index contributed by atoms with van der Waals surface area (Å²) in [6, 6.07) is 6.25. The summed E-state index contributed by atoms with van der Waals surface area (Å²) >= 11 is 0. The Morgan fingerprint density at radius 2 is 2.03 bits per heavy atom. The fourth-order valence-electron chi connectivity index (χ4n) is 4.44. The minimum absolute atomic E-state index is 0.207. The smallest absolute Gasteiger partial charge is 0.226 e. The van der Waals surface area contributed by atoms with E-state index in [1.54, 1.807) is 7.11 Å². The number of hydrogen-bond donors (Lipinski definition) is 3. The number of aromatic nitrogens is 2. The highest BCUT2D eigenvalue weighted by Crippen LogP contribution is 2.45. The van der Waals surface area contributed by atoms with Gasteiger partial charge in [0.05, 0.1) is 24.1 Å². The number of piperidine rings is 1. The van der Waals surface area contributed by atoms with Crippen molar-refractivity contribution >= 4 is 22.9 Å². The van der Waals surface area contributed by atoms with E-state index >= 15 is 0 Å². The first-order valence-corrected chi connectivity index (χ1v) is 10.9. The number of benzene rings is 1. The van der Waals surface area contributed by atoms with Crippen LogP contribution < -0.4 is 15.4 Å². The molecule has 1 fully saturated rings. The maximum absolute atomic E-state index is 7.37. The van der Waals surface area contributed by atoms with Gasteiger partial charge in [-0.1, -0.05) is 19.1 Å². The summed E-state index contributed by atoms with van der Waals surface area (Å²) in [6.45, 7) is 4.34. The van der Waals surface area contributed by atoms with Crippen LogP contribution in [0.1, 0.15) is 48.9 Å². The molecule has 0 amide bonds. The predicted molar refractivity (Wildman–Crippen MR) is 124 cm³/mol. The van der Waals surface area contributed by atoms with E-state index in [9.17, 15) is 0 Å². The highest BCUT2D eigenvalue weighted by atomic mass is 16.5. The van der Waals surface area contributed by atoms with Gasteiger partial charge in [0.2, 0.25) is 11.8 Å². The van der Waals surface area contributed by atoms with E-state index < -0.39 is 0 Å². The first-order chi connectivity index (χ1) is 15.1. The lowest BCUT2D eigenvalue weighted by Crippen LogP contribution is -2.37. The zero-order valence-corrected chi connectivity index (χ0v) is 18.7. The fraction of sp³-hybridized carbons (Fsp3) is 0.478. The molecule has 2 heterocycles. The second-order valence-corrected chi connectivity index (χ2v) is 8.23. The van der Waals surface area contributed by atoms with Crippen LogP contribution in [0.15, 0.2) is 29.4 Å². The molecule has 4 rings (SSSR count). The Morgan fingerprint density at radius 1 is 1.26 bits per heavy atom. The average Bonchev–Trinajstić information content (AvgIpc) is 3.18. The van der Waals surface area contributed by atoms with Crippen LogP contribution in [-0.2, 0) is 0 Å². The van der Waals surface area contributed by atoms with Crippen LogP contribution in [0.2, 0.25) is 0 Å². The van der Waals surface area contributed by atoms with Crippen LogP contribution in [0.4, 0.5) is 17.3 Å². The Morgan fingerprint density at radius 3 is 2.68 bits per heavy atom. The summed E-state index contributed by atoms with van der Waals surface area (Å²) in [6.07, 6.45) is 5.37. The molecule has 3 N–H and O–H groups in total. The molecule has 8 nitrogen and oxygen atoms in total. The van der Waals surface area contributed by atoms with Crippen molar-refractivity contribution in [3.63, 3.8) is 0 Å². The van der Waals surface area contributed by atoms with Crippen molar-refractivity contribution in [2.24, 2.45) is 5.11 Å². The van der Waals surface area contributed by atoms with Crippen LogP contribution in [0, 0.1) is 5.53 Å². The van der Waals surface area contributed by atoms with Crippen molar-refractivity contribution in [3.05, 3.63) is 41.1 Å². The third-order valence-corrected chi connectivity index (χ3v) is 6.27. The number of hydrogen-bond acceptors (Lipinski definition) is 8. The normalized spacial score (nSPS) is 19.0. The summed E-state index contributed by atoms with van der Waals surface area (Å²) in [5, 5.41) is 10.3. The zero-order valence-electron chi connectivity index (χ0n) is 18.7. The molecular weight excluding hydrogens is 390 g/mol. The van der Waals surface area contributed by atoms with Crippen molar-refractivity contribution in [3.8, 4) is 5.88 Å². The number of anilines is 2. The Balaban J connectivity index is 1.71. The molecule has 1 aliphatic heterocycles. The highest BCUT2D eigenvalue weighted by Gasteiger charge is 2.31. The summed E-state index contributed by atoms with van der Waals surface area (Å²) in [4.78, 5) is 12.0. The Kier molecular flexibility index (Phi) is 6.18. The van der Waals surface area contributed by atoms with Gasteiger partial charge in [0, 0.05) is 19.0 Å². The van der Waals surface area contributed by atoms with E-state index in [1.807, 2.05) is 25.2 Å². The van der Waals surface area contributed by atoms with Crippen molar-refractivity contribution in [2.45, 2.75) is 38.1 Å². The maximum atomic E-state index is 7.37. The second-order valence-electron chi connectivity index (χ2n) is 8.23. The lowest BCUT2D eigenvalue weighted by atomic mass is 10.0. The van der Waals surface area contributed by atoms with Gasteiger partial charge in [0.1, 0.15) is 5.69 Å². The fourth-order valence-corrected chi connectivity index (χ4v) is 4.44. The van der Waals surface area contributed by atoms with Crippen LogP contribution >= 0.6 is 0 Å². The third kappa shape index (κ3) is 4.12. The monoisotopic (exact) mass is 421 g/mol. The van der Waals surface area contributed by atoms with Gasteiger partial charge in [-0.25, -0.2) is 10.5 Å². The van der Waals surface area contributed by atoms with Crippen LogP contribution in [0.5, 0.6) is 5.88 Å². The SMILES string of the molecule is CCC1C=C(c2ccc(N=N)c(NC)c2)c2c(OC)nc(NC3CCN(C)CC3)nc21. The van der Waals surface area contributed by atoms with Crippen molar-refractivity contribution < 1.29 is 4.74 Å². The molecule has 1 aromatic heterocycles. The molecule has 1 atom stereocenters. The van der Waals surface area contributed by atoms with Gasteiger partial charge in [-0.05, 0) is 62.7 Å². The molecule has 1 aromatic carbocycles. The number of fused-ring (bicyclic) bond motifs is 1. The molecule has 1 saturated heterocycles. The molecule has 31 heavy (non-hydrogen) atoms. The predicted octanol–water partition coefficient (Wildman–Crippen LogP) is 4.63. The molecular formula is C23H31N7O. The lowest BCUT2D eigenvalue weighted by Gasteiger charge is -2.29. The number of likely N-dealkylation sites (tertiary alicyclic amines) is 1. The molecule has 1 aliphatic carbocycles. The maximum Gasteiger partial charge on any atom is 0.226 e. The summed E-state index contributed by atoms with van der Waals surface area (Å²) in [5.41, 5.74) is 12.9. The number of ether oxygens (including phenoxy) is 1. The van der Waals surface area contributed by atoms with E-state index in [1.165, 1.54) is 0 Å². The summed E-state index contributed by atoms with van der Waals surface area (Å²) in [7, 11) is 5.67. The van der Waals surface area contributed by atoms with E-state index in [0.29, 0.717) is 23.6 Å². The summed E-state index contributed by atoms with van der Waals surface area (Å²) < 4.78 is 5.75. The molecule has 8 heteroatoms. The molecule has 2 aromatic rings. The quantitative estimate of drug-likeness (QED) is 0.564. The lowest BCUT2D eigenvalue weighted by molar-refractivity contribution is 0.263. The minimum Gasteiger partial charge on any atom is -0.480 e. The molecule has 0 radical (unpaired) electrons. The molecule has 164 valence electrons. The Labute approximate surface area is 183 Å². The first kappa shape index (κ1) is 21.2. The van der Waals surface area contributed by atoms with Crippen LogP contribution in [0.25, 0.3) is 5.57 Å². The van der Waals surface area contributed by atoms with E-state index in [2.05, 4.69) is 40.7 Å². The highest BCUT2D eigenvalue weighted by molar-refractivity contribution is 5.89. The molecule has 2 aliphatic rings. The van der Waals surface area contributed by atoms with Gasteiger partial charge in [0.15, 0.2) is 0 Å². The van der Waals surface area contributed by atoms with E-state index in [0.717, 1.165) is 60.4 Å². The number of nitrogens with zero attached hydrogens (tertiary/aromatic N) is 4. The van der Waals surface area contributed by atoms with Crippen molar-refractivity contribution in [1.82, 2.24) is 14.9 Å². The molecule has 0 saturated carbocycles. The number of methoxy groups -OCH3 is 1. The zero-order chi connectivity index (χ0) is 22.0. The second kappa shape index (κ2) is 9.01. The van der Waals surface area contributed by atoms with E-state index in [-0.39, 0.29) is 5.92 Å². The first-order valence-electron chi connectivity index (χ1n) is 10.9. The molecule has 0 bridgehead atoms. The number of nitrogens with one attached hydrogen (secondary N) is 3. The number of rotatable bonds is 7. The molecule has 1 unspecified atom stereocenters. The van der Waals surface area contributed by atoms with Gasteiger partial charge in [-0.3, -0.25) is 0 Å². The van der Waals surface area contributed by atoms with Gasteiger partial charge < -0.3 is 20.3 Å². The van der Waals surface area contributed by atoms with Gasteiger partial charge in [0.25, 0.3) is 0 Å². The average molecular weight is 422 g/mol. The van der Waals surface area contributed by atoms with Gasteiger partial charge in [-0.2, -0.15) is 10.1 Å². The standard InChI is InChI=1S/C23H31N7O/c1-5-14-12-17(15-6-7-18(29-24)19(13-15)25-2)20-21(14)27-23(28-22(20)31-4)26-16-8-10-30(3)11-9-16/h6-7,12-14,16,24-25H,5,8-11H2,1-4H3,(H,26,27,28). The van der Waals surface area contributed by atoms with Gasteiger partial charge >= 0.3 is 0 Å². The van der Waals surface area contributed by atoms with Gasteiger partial charge in [-0.15, -0.1) is 0 Å². The summed E-state index contributed by atoms with van der Waals surface area (Å²) in [5.74, 6) is 1.46. The largest absolute Gasteiger partial charge is 0.480 e. The van der Waals surface area contributed by atoms with Crippen LogP contribution in [-0.4, -0.2) is 55.2 Å². The van der Waals surface area contributed by atoms with Crippen molar-refractivity contribution in [1.29, 1.82) is 5.53 Å². The Hall–Kier alpha value is -3.00. The Bertz CT molecular complexity index is 996. The van der Waals surface area contributed by atoms with Crippen molar-refractivity contribution in [2.75, 3.05) is 44.9 Å². The van der Waals surface area contributed by atoms with E-state index in [4.69, 9.17) is 20.2 Å². The minimum atomic E-state index is 0.207. The third-order valence-electron chi connectivity index (χ3n) is 6.27. The van der Waals surface area contributed by atoms with Crippen LogP contribution in [0.3, 0.4) is 0 Å². The molecule has 0 spiro atoms.